The third-order valence-electron chi connectivity index (χ3n) is 1.29. The van der Waals surface area contributed by atoms with Gasteiger partial charge < -0.3 is 4.74 Å². The average Bonchev–Trinajstić information content (AvgIpc) is 2.07. The molecule has 0 saturated heterocycles. The summed E-state index contributed by atoms with van der Waals surface area (Å²) in [4.78, 5) is 15.3. The van der Waals surface area contributed by atoms with E-state index in [2.05, 4.69) is 16.8 Å². The Morgan fingerprint density at radius 3 is 2.15 bits per heavy atom. The van der Waals surface area contributed by atoms with Gasteiger partial charge in [0.2, 0.25) is 0 Å². The normalized spacial score (nSPS) is 8.62. The first-order chi connectivity index (χ1) is 6.22. The molecule has 0 aliphatic carbocycles. The van der Waals surface area contributed by atoms with Crippen molar-refractivity contribution in [3.8, 4) is 0 Å². The van der Waals surface area contributed by atoms with Gasteiger partial charge >= 0.3 is 37.0 Å². The molecule has 0 spiro atoms. The molecule has 13 heavy (non-hydrogen) atoms. The van der Waals surface area contributed by atoms with E-state index in [1.807, 2.05) is 6.92 Å². The molecule has 2 nitrogen and oxygen atoms in total. The summed E-state index contributed by atoms with van der Waals surface area (Å²) in [5.74, 6) is -0.0593. The third-order valence-corrected chi connectivity index (χ3v) is 1.29. The maximum atomic E-state index is 10.7. The number of carbonyl (C=O) groups is 1. The fraction of sp³-hybridized carbons (Fsp3) is 0.900. The van der Waals surface area contributed by atoms with Crippen LogP contribution in [0.25, 0.3) is 0 Å². The van der Waals surface area contributed by atoms with Gasteiger partial charge in [-0.3, -0.25) is 4.79 Å². The van der Waals surface area contributed by atoms with Gasteiger partial charge in [0.1, 0.15) is 0 Å². The molecule has 0 amide bonds. The Kier molecular flexibility index (Phi) is 17.9. The maximum absolute atomic E-state index is 10.7. The zero-order chi connectivity index (χ0) is 10.5. The third kappa shape index (κ3) is 18.9. The van der Waals surface area contributed by atoms with E-state index in [1.165, 1.54) is 0 Å². The molecule has 0 heterocycles. The molecule has 78 valence electrons. The summed E-state index contributed by atoms with van der Waals surface area (Å²) in [5, 5.41) is 0. The van der Waals surface area contributed by atoms with Gasteiger partial charge in [-0.05, 0) is 13.3 Å². The second-order valence-electron chi connectivity index (χ2n) is 2.76. The first-order valence-corrected chi connectivity index (χ1v) is 10.7. The standard InChI is InChI=1S/C8H16O2.2CH3.Sn/c1-3-5-6-7-8(9)10-4-2;;;/h3-7H2,1-2H3;2*1H3;. The number of hydrogen-bond acceptors (Lipinski definition) is 2. The van der Waals surface area contributed by atoms with Crippen molar-refractivity contribution in [3.63, 3.8) is 0 Å². The average molecular weight is 293 g/mol. The van der Waals surface area contributed by atoms with Crippen LogP contribution in [0.15, 0.2) is 0 Å². The van der Waals surface area contributed by atoms with Crippen LogP contribution in [0.4, 0.5) is 0 Å². The summed E-state index contributed by atoms with van der Waals surface area (Å²) in [6.45, 7) is 4.45. The van der Waals surface area contributed by atoms with E-state index in [0.29, 0.717) is 13.0 Å². The first kappa shape index (κ1) is 15.7. The summed E-state index contributed by atoms with van der Waals surface area (Å²) < 4.78 is 4.75. The SMILES string of the molecule is CCCCCC(=O)OCC.[CH3][Sn][CH3]. The van der Waals surface area contributed by atoms with Crippen LogP contribution < -0.4 is 0 Å². The van der Waals surface area contributed by atoms with Crippen LogP contribution >= 0.6 is 0 Å². The van der Waals surface area contributed by atoms with Gasteiger partial charge in [0.15, 0.2) is 0 Å². The van der Waals surface area contributed by atoms with Gasteiger partial charge in [-0.25, -0.2) is 0 Å². The number of hydrogen-bond donors (Lipinski definition) is 0. The van der Waals surface area contributed by atoms with Crippen LogP contribution in [-0.2, 0) is 9.53 Å². The Labute approximate surface area is 92.6 Å². The zero-order valence-electron chi connectivity index (χ0n) is 9.35. The number of rotatable bonds is 5. The molecule has 0 aromatic heterocycles. The summed E-state index contributed by atoms with van der Waals surface area (Å²) >= 11 is 0.230. The van der Waals surface area contributed by atoms with E-state index in [9.17, 15) is 4.79 Å². The Bertz CT molecular complexity index is 105. The Morgan fingerprint density at radius 2 is 1.77 bits per heavy atom. The van der Waals surface area contributed by atoms with Gasteiger partial charge in [-0.15, -0.1) is 0 Å². The second kappa shape index (κ2) is 14.8. The molecule has 0 aliphatic rings. The van der Waals surface area contributed by atoms with Crippen molar-refractivity contribution in [3.05, 3.63) is 0 Å². The molecule has 0 aromatic carbocycles. The minimum atomic E-state index is -0.0593. The van der Waals surface area contributed by atoms with Crippen LogP contribution in [0.2, 0.25) is 9.88 Å². The van der Waals surface area contributed by atoms with Gasteiger partial charge in [0.25, 0.3) is 0 Å². The fourth-order valence-corrected chi connectivity index (χ4v) is 0.752. The molecule has 0 rings (SSSR count). The van der Waals surface area contributed by atoms with Crippen molar-refractivity contribution in [2.24, 2.45) is 0 Å². The summed E-state index contributed by atoms with van der Waals surface area (Å²) in [5.41, 5.74) is 0. The summed E-state index contributed by atoms with van der Waals surface area (Å²) in [7, 11) is 0. The van der Waals surface area contributed by atoms with Crippen molar-refractivity contribution in [2.75, 3.05) is 6.61 Å². The molecule has 3 heteroatoms. The van der Waals surface area contributed by atoms with Crippen LogP contribution in [-0.4, -0.2) is 33.7 Å². The summed E-state index contributed by atoms with van der Waals surface area (Å²) in [6, 6.07) is 0. The van der Waals surface area contributed by atoms with Gasteiger partial charge in [-0.1, -0.05) is 19.8 Å². The van der Waals surface area contributed by atoms with Crippen molar-refractivity contribution < 1.29 is 9.53 Å². The minimum absolute atomic E-state index is 0.0593. The van der Waals surface area contributed by atoms with Crippen molar-refractivity contribution in [1.82, 2.24) is 0 Å². The van der Waals surface area contributed by atoms with Gasteiger partial charge in [0, 0.05) is 6.42 Å². The number of unbranched alkanes of at least 4 members (excludes halogenated alkanes) is 2. The molecule has 0 aliphatic heterocycles. The van der Waals surface area contributed by atoms with Gasteiger partial charge in [0.05, 0.1) is 6.61 Å². The molecular formula is C10H22O2Sn. The van der Waals surface area contributed by atoms with E-state index in [1.54, 1.807) is 0 Å². The Balaban J connectivity index is 0. The molecule has 0 saturated carbocycles. The van der Waals surface area contributed by atoms with Crippen LogP contribution in [0.3, 0.4) is 0 Å². The molecule has 2 radical (unpaired) electrons. The van der Waals surface area contributed by atoms with E-state index in [0.717, 1.165) is 19.3 Å². The molecule has 0 aromatic rings. The fourth-order valence-electron chi connectivity index (χ4n) is 0.752. The van der Waals surface area contributed by atoms with E-state index in [-0.39, 0.29) is 27.1 Å². The predicted molar refractivity (Wildman–Crippen MR) is 58.3 cm³/mol. The number of carbonyl (C=O) groups excluding carboxylic acids is 1. The van der Waals surface area contributed by atoms with Crippen molar-refractivity contribution in [1.29, 1.82) is 0 Å². The zero-order valence-corrected chi connectivity index (χ0v) is 12.2. The molecule has 0 N–H and O–H groups in total. The van der Waals surface area contributed by atoms with Gasteiger partial charge in [-0.2, -0.15) is 0 Å². The van der Waals surface area contributed by atoms with Crippen LogP contribution in [0.5, 0.6) is 0 Å². The first-order valence-electron chi connectivity index (χ1n) is 4.96. The molecular weight excluding hydrogens is 271 g/mol. The quantitative estimate of drug-likeness (QED) is 0.442. The topological polar surface area (TPSA) is 26.3 Å². The van der Waals surface area contributed by atoms with E-state index < -0.39 is 0 Å². The van der Waals surface area contributed by atoms with E-state index in [4.69, 9.17) is 4.74 Å². The molecule has 0 fully saturated rings. The Hall–Kier alpha value is 0.269. The molecule has 0 bridgehead atoms. The number of ether oxygens (including phenoxy) is 1. The van der Waals surface area contributed by atoms with Crippen molar-refractivity contribution in [2.45, 2.75) is 49.4 Å². The molecule has 0 atom stereocenters. The Morgan fingerprint density at radius 1 is 1.23 bits per heavy atom. The number of esters is 1. The summed E-state index contributed by atoms with van der Waals surface area (Å²) in [6.07, 6.45) is 3.83. The van der Waals surface area contributed by atoms with Crippen LogP contribution in [0.1, 0.15) is 39.5 Å². The van der Waals surface area contributed by atoms with Crippen molar-refractivity contribution >= 4 is 27.1 Å². The van der Waals surface area contributed by atoms with Crippen LogP contribution in [0, 0.1) is 0 Å². The predicted octanol–water partition coefficient (Wildman–Crippen LogP) is 2.92. The second-order valence-corrected chi connectivity index (χ2v) is 5.62. The molecule has 0 unspecified atom stereocenters. The van der Waals surface area contributed by atoms with E-state index >= 15 is 0 Å². The monoisotopic (exact) mass is 294 g/mol.